The fourth-order valence-corrected chi connectivity index (χ4v) is 1.41. The highest BCUT2D eigenvalue weighted by Gasteiger charge is 2.38. The molecule has 3 nitrogen and oxygen atoms in total. The monoisotopic (exact) mass is 303 g/mol. The van der Waals surface area contributed by atoms with Crippen molar-refractivity contribution in [2.75, 3.05) is 7.11 Å². The summed E-state index contributed by atoms with van der Waals surface area (Å²) in [4.78, 5) is 0. The first-order chi connectivity index (χ1) is 8.25. The molecule has 1 aromatic rings. The minimum Gasteiger partial charge on any atom is -0.497 e. The van der Waals surface area contributed by atoms with Crippen LogP contribution in [-0.4, -0.2) is 24.4 Å². The van der Waals surface area contributed by atoms with Crippen molar-refractivity contribution < 1.29 is 27.4 Å². The van der Waals surface area contributed by atoms with Crippen molar-refractivity contribution >= 4 is 12.4 Å². The van der Waals surface area contributed by atoms with Gasteiger partial charge in [0.15, 0.2) is 0 Å². The third-order valence-electron chi connectivity index (χ3n) is 2.46. The molecule has 0 heterocycles. The van der Waals surface area contributed by atoms with E-state index in [1.165, 1.54) is 19.2 Å². The maximum Gasteiger partial charge on any atom is 0.403 e. The number of hydrogen-bond donors (Lipinski definition) is 2. The number of alkyl halides is 3. The van der Waals surface area contributed by atoms with Crippen LogP contribution in [0.15, 0.2) is 18.2 Å². The van der Waals surface area contributed by atoms with Gasteiger partial charge in [-0.15, -0.1) is 12.4 Å². The summed E-state index contributed by atoms with van der Waals surface area (Å²) < 4.78 is 54.8. The first-order valence-electron chi connectivity index (χ1n) is 5.09. The highest BCUT2D eigenvalue weighted by atomic mass is 35.5. The number of halogens is 5. The van der Waals surface area contributed by atoms with E-state index in [2.05, 4.69) is 0 Å². The summed E-state index contributed by atoms with van der Waals surface area (Å²) in [5.74, 6) is -0.625. The van der Waals surface area contributed by atoms with Crippen LogP contribution in [-0.2, 0) is 0 Å². The molecule has 110 valence electrons. The molecular weight excluding hydrogens is 290 g/mol. The van der Waals surface area contributed by atoms with Crippen molar-refractivity contribution in [1.82, 2.24) is 0 Å². The summed E-state index contributed by atoms with van der Waals surface area (Å²) >= 11 is 0. The van der Waals surface area contributed by atoms with Crippen LogP contribution in [0.4, 0.5) is 17.6 Å². The van der Waals surface area contributed by atoms with Gasteiger partial charge in [-0.2, -0.15) is 13.2 Å². The van der Waals surface area contributed by atoms with Gasteiger partial charge < -0.3 is 15.6 Å². The molecule has 0 saturated carbocycles. The molecule has 0 aliphatic heterocycles. The average molecular weight is 304 g/mol. The number of ether oxygens (including phenoxy) is 1. The van der Waals surface area contributed by atoms with Gasteiger partial charge in [-0.25, -0.2) is 4.39 Å². The third kappa shape index (κ3) is 4.85. The molecule has 1 aromatic carbocycles. The smallest absolute Gasteiger partial charge is 0.403 e. The van der Waals surface area contributed by atoms with Crippen molar-refractivity contribution in [3.63, 3.8) is 0 Å². The van der Waals surface area contributed by atoms with Crippen molar-refractivity contribution in [1.29, 1.82) is 0 Å². The second-order valence-electron chi connectivity index (χ2n) is 3.79. The molecule has 8 heteroatoms. The van der Waals surface area contributed by atoms with Crippen LogP contribution in [0, 0.1) is 5.82 Å². The van der Waals surface area contributed by atoms with E-state index in [9.17, 15) is 22.7 Å². The number of nitrogens with two attached hydrogens (primary N) is 1. The Labute approximate surface area is 113 Å². The zero-order valence-electron chi connectivity index (χ0n) is 9.95. The molecule has 0 spiro atoms. The van der Waals surface area contributed by atoms with Gasteiger partial charge >= 0.3 is 6.18 Å². The molecule has 0 bridgehead atoms. The van der Waals surface area contributed by atoms with Gasteiger partial charge in [0.2, 0.25) is 0 Å². The Balaban J connectivity index is 0.00000324. The summed E-state index contributed by atoms with van der Waals surface area (Å²) in [5.41, 5.74) is 4.62. The molecule has 2 atom stereocenters. The Kier molecular flexibility index (Phi) is 6.54. The molecule has 0 fully saturated rings. The summed E-state index contributed by atoms with van der Waals surface area (Å²) in [6.45, 7) is 0. The summed E-state index contributed by atoms with van der Waals surface area (Å²) in [7, 11) is 1.32. The SMILES string of the molecule is COc1ccc([C@H](O)C[C@H](N)C(F)(F)F)c(F)c1.Cl. The minimum atomic E-state index is -4.62. The molecule has 19 heavy (non-hydrogen) atoms. The lowest BCUT2D eigenvalue weighted by Crippen LogP contribution is -2.38. The molecule has 0 aliphatic carbocycles. The van der Waals surface area contributed by atoms with Crippen molar-refractivity contribution in [3.05, 3.63) is 29.6 Å². The Morgan fingerprint density at radius 3 is 2.37 bits per heavy atom. The second kappa shape index (κ2) is 6.93. The summed E-state index contributed by atoms with van der Waals surface area (Å²) in [6.07, 6.45) is -7.04. The Hall–Kier alpha value is -1.05. The van der Waals surface area contributed by atoms with Gasteiger partial charge in [-0.3, -0.25) is 0 Å². The first-order valence-corrected chi connectivity index (χ1v) is 5.09. The van der Waals surface area contributed by atoms with E-state index in [1.54, 1.807) is 0 Å². The molecule has 3 N–H and O–H groups in total. The van der Waals surface area contributed by atoms with E-state index in [-0.39, 0.29) is 23.7 Å². The van der Waals surface area contributed by atoms with E-state index in [1.807, 2.05) is 0 Å². The molecule has 0 aliphatic rings. The number of aliphatic hydroxyl groups excluding tert-OH is 1. The quantitative estimate of drug-likeness (QED) is 0.841. The van der Waals surface area contributed by atoms with Crippen LogP contribution in [0.5, 0.6) is 5.75 Å². The third-order valence-corrected chi connectivity index (χ3v) is 2.46. The molecule has 0 saturated heterocycles. The van der Waals surface area contributed by atoms with E-state index in [0.717, 1.165) is 6.07 Å². The van der Waals surface area contributed by atoms with Crippen LogP contribution in [0.25, 0.3) is 0 Å². The lowest BCUT2D eigenvalue weighted by atomic mass is 10.0. The van der Waals surface area contributed by atoms with E-state index < -0.39 is 30.6 Å². The summed E-state index contributed by atoms with van der Waals surface area (Å²) in [5, 5.41) is 9.54. The molecule has 0 unspecified atom stereocenters. The van der Waals surface area contributed by atoms with Crippen LogP contribution in [0.2, 0.25) is 0 Å². The van der Waals surface area contributed by atoms with Crippen molar-refractivity contribution in [3.8, 4) is 5.75 Å². The van der Waals surface area contributed by atoms with E-state index in [0.29, 0.717) is 0 Å². The maximum atomic E-state index is 13.5. The normalized spacial score (nSPS) is 14.5. The zero-order chi connectivity index (χ0) is 13.9. The maximum absolute atomic E-state index is 13.5. The van der Waals surface area contributed by atoms with Crippen molar-refractivity contribution in [2.45, 2.75) is 24.7 Å². The minimum absolute atomic E-state index is 0. The average Bonchev–Trinajstić information content (AvgIpc) is 2.27. The predicted molar refractivity (Wildman–Crippen MR) is 63.8 cm³/mol. The number of rotatable bonds is 4. The van der Waals surface area contributed by atoms with E-state index >= 15 is 0 Å². The Morgan fingerprint density at radius 1 is 1.37 bits per heavy atom. The van der Waals surface area contributed by atoms with Crippen LogP contribution < -0.4 is 10.5 Å². The zero-order valence-corrected chi connectivity index (χ0v) is 10.8. The standard InChI is InChI=1S/C11H13F4NO2.ClH/c1-18-6-2-3-7(8(12)4-6)9(17)5-10(16)11(13,14)15;/h2-4,9-10,17H,5,16H2,1H3;1H/t9-,10+;/m1./s1. The molecule has 0 amide bonds. The predicted octanol–water partition coefficient (Wildman–Crippen LogP) is 2.57. The summed E-state index contributed by atoms with van der Waals surface area (Å²) in [6, 6.07) is 1.30. The fourth-order valence-electron chi connectivity index (χ4n) is 1.41. The first kappa shape index (κ1) is 17.9. The highest BCUT2D eigenvalue weighted by molar-refractivity contribution is 5.85. The van der Waals surface area contributed by atoms with Crippen molar-refractivity contribution in [2.24, 2.45) is 5.73 Å². The molecule has 1 rings (SSSR count). The highest BCUT2D eigenvalue weighted by Crippen LogP contribution is 2.29. The number of aliphatic hydroxyl groups is 1. The molecular formula is C11H14ClF4NO2. The number of hydrogen-bond acceptors (Lipinski definition) is 3. The Morgan fingerprint density at radius 2 is 1.95 bits per heavy atom. The largest absolute Gasteiger partial charge is 0.497 e. The van der Waals surface area contributed by atoms with Gasteiger partial charge in [0.1, 0.15) is 17.6 Å². The van der Waals surface area contributed by atoms with Gasteiger partial charge in [0, 0.05) is 18.1 Å². The molecule has 0 radical (unpaired) electrons. The number of benzene rings is 1. The van der Waals surface area contributed by atoms with Gasteiger partial charge in [-0.1, -0.05) is 0 Å². The Bertz CT molecular complexity index is 414. The van der Waals surface area contributed by atoms with Gasteiger partial charge in [0.05, 0.1) is 13.2 Å². The van der Waals surface area contributed by atoms with Crippen LogP contribution >= 0.6 is 12.4 Å². The molecule has 0 aromatic heterocycles. The van der Waals surface area contributed by atoms with Gasteiger partial charge in [0.25, 0.3) is 0 Å². The number of methoxy groups -OCH3 is 1. The van der Waals surface area contributed by atoms with Crippen LogP contribution in [0.3, 0.4) is 0 Å². The topological polar surface area (TPSA) is 55.5 Å². The lowest BCUT2D eigenvalue weighted by Gasteiger charge is -2.19. The van der Waals surface area contributed by atoms with E-state index in [4.69, 9.17) is 10.5 Å². The second-order valence-corrected chi connectivity index (χ2v) is 3.79. The fraction of sp³-hybridized carbons (Fsp3) is 0.455. The van der Waals surface area contributed by atoms with Gasteiger partial charge in [-0.05, 0) is 12.1 Å². The van der Waals surface area contributed by atoms with Crippen LogP contribution in [0.1, 0.15) is 18.1 Å². The lowest BCUT2D eigenvalue weighted by molar-refractivity contribution is -0.154.